The fourth-order valence-corrected chi connectivity index (χ4v) is 2.43. The first-order valence-corrected chi connectivity index (χ1v) is 7.14. The number of amides is 1. The summed E-state index contributed by atoms with van der Waals surface area (Å²) < 4.78 is 0. The molecular weight excluding hydrogens is 262 g/mol. The molecule has 0 aliphatic heterocycles. The van der Waals surface area contributed by atoms with Crippen LogP contribution in [0.15, 0.2) is 48.5 Å². The molecule has 0 aromatic heterocycles. The van der Waals surface area contributed by atoms with Crippen molar-refractivity contribution < 1.29 is 9.90 Å². The number of anilines is 1. The predicted octanol–water partition coefficient (Wildman–Crippen LogP) is 3.46. The second-order valence-corrected chi connectivity index (χ2v) is 5.35. The van der Waals surface area contributed by atoms with E-state index in [1.807, 2.05) is 42.5 Å². The topological polar surface area (TPSA) is 49.3 Å². The predicted molar refractivity (Wildman–Crippen MR) is 85.2 cm³/mol. The third kappa shape index (κ3) is 3.31. The van der Waals surface area contributed by atoms with Crippen LogP contribution in [0.2, 0.25) is 0 Å². The largest absolute Gasteiger partial charge is 0.381 e. The number of benzene rings is 2. The van der Waals surface area contributed by atoms with Crippen molar-refractivity contribution in [2.45, 2.75) is 32.8 Å². The molecule has 2 aromatic carbocycles. The maximum atomic E-state index is 11.3. The van der Waals surface area contributed by atoms with E-state index in [1.165, 1.54) is 12.5 Å². The van der Waals surface area contributed by atoms with E-state index < -0.39 is 5.60 Å². The lowest BCUT2D eigenvalue weighted by atomic mass is 9.86. The van der Waals surface area contributed by atoms with Gasteiger partial charge in [0.25, 0.3) is 0 Å². The minimum atomic E-state index is -1.16. The van der Waals surface area contributed by atoms with Crippen LogP contribution >= 0.6 is 0 Å². The van der Waals surface area contributed by atoms with Crippen LogP contribution in [-0.4, -0.2) is 11.0 Å². The number of carbonyl (C=O) groups is 1. The summed E-state index contributed by atoms with van der Waals surface area (Å²) >= 11 is 0. The van der Waals surface area contributed by atoms with E-state index in [4.69, 9.17) is 0 Å². The van der Waals surface area contributed by atoms with E-state index in [2.05, 4.69) is 12.2 Å². The highest BCUT2D eigenvalue weighted by atomic mass is 16.3. The summed E-state index contributed by atoms with van der Waals surface area (Å²) in [6.45, 7) is 5.30. The van der Waals surface area contributed by atoms with E-state index in [9.17, 15) is 9.90 Å². The fraction of sp³-hybridized carbons (Fsp3) is 0.278. The lowest BCUT2D eigenvalue weighted by molar-refractivity contribution is -0.114. The van der Waals surface area contributed by atoms with Gasteiger partial charge in [-0.2, -0.15) is 0 Å². The lowest BCUT2D eigenvalue weighted by Crippen LogP contribution is -2.25. The van der Waals surface area contributed by atoms with Crippen LogP contribution in [0.1, 0.15) is 37.5 Å². The Bertz CT molecular complexity index is 630. The van der Waals surface area contributed by atoms with Gasteiger partial charge in [-0.25, -0.2) is 0 Å². The van der Waals surface area contributed by atoms with Gasteiger partial charge in [-0.1, -0.05) is 49.4 Å². The van der Waals surface area contributed by atoms with Gasteiger partial charge >= 0.3 is 0 Å². The van der Waals surface area contributed by atoms with Gasteiger partial charge in [0.2, 0.25) is 5.91 Å². The van der Waals surface area contributed by atoms with Crippen molar-refractivity contribution in [1.82, 2.24) is 0 Å². The van der Waals surface area contributed by atoms with Crippen LogP contribution in [0.4, 0.5) is 5.69 Å². The highest BCUT2D eigenvalue weighted by molar-refractivity contribution is 5.89. The Hall–Kier alpha value is -2.13. The number of para-hydroxylation sites is 1. The van der Waals surface area contributed by atoms with Gasteiger partial charge in [0.15, 0.2) is 0 Å². The van der Waals surface area contributed by atoms with Gasteiger partial charge in [0.1, 0.15) is 5.60 Å². The summed E-state index contributed by atoms with van der Waals surface area (Å²) in [5, 5.41) is 13.7. The second-order valence-electron chi connectivity index (χ2n) is 5.35. The number of aliphatic hydroxyl groups is 1. The summed E-state index contributed by atoms with van der Waals surface area (Å²) in [7, 11) is 0. The molecule has 2 rings (SSSR count). The molecule has 3 nitrogen and oxygen atoms in total. The molecule has 0 fully saturated rings. The molecule has 21 heavy (non-hydrogen) atoms. The first-order valence-electron chi connectivity index (χ1n) is 7.14. The molecule has 2 N–H and O–H groups in total. The van der Waals surface area contributed by atoms with E-state index >= 15 is 0 Å². The van der Waals surface area contributed by atoms with Crippen molar-refractivity contribution in [3.05, 3.63) is 65.2 Å². The van der Waals surface area contributed by atoms with Crippen LogP contribution < -0.4 is 5.32 Å². The zero-order valence-electron chi connectivity index (χ0n) is 12.7. The molecule has 2 aromatic rings. The number of aryl methyl sites for hydroxylation is 1. The molecule has 0 saturated carbocycles. The third-order valence-corrected chi connectivity index (χ3v) is 3.69. The minimum absolute atomic E-state index is 0.153. The summed E-state index contributed by atoms with van der Waals surface area (Å²) in [6.07, 6.45) is 0.963. The zero-order chi connectivity index (χ0) is 15.5. The van der Waals surface area contributed by atoms with Crippen molar-refractivity contribution in [3.8, 4) is 0 Å². The Balaban J connectivity index is 2.44. The Morgan fingerprint density at radius 1 is 1.14 bits per heavy atom. The van der Waals surface area contributed by atoms with Crippen LogP contribution in [0.5, 0.6) is 0 Å². The number of nitrogens with one attached hydrogen (secondary N) is 1. The standard InChI is InChI=1S/C18H21NO2/c1-4-14-9-11-15(12-10-14)18(3,21)16-7-5-6-8-17(16)19-13(2)20/h5-12,21H,4H2,1-3H3,(H,19,20). The second kappa shape index (κ2) is 6.10. The average Bonchev–Trinajstić information content (AvgIpc) is 2.47. The Kier molecular flexibility index (Phi) is 4.43. The van der Waals surface area contributed by atoms with Gasteiger partial charge in [-0.15, -0.1) is 0 Å². The average molecular weight is 283 g/mol. The molecule has 0 heterocycles. The summed E-state index contributed by atoms with van der Waals surface area (Å²) in [5.41, 5.74) is 2.19. The summed E-state index contributed by atoms with van der Waals surface area (Å²) in [6, 6.07) is 15.2. The molecule has 3 heteroatoms. The third-order valence-electron chi connectivity index (χ3n) is 3.69. The minimum Gasteiger partial charge on any atom is -0.381 e. The van der Waals surface area contributed by atoms with E-state index in [1.54, 1.807) is 13.0 Å². The molecule has 0 bridgehead atoms. The fourth-order valence-electron chi connectivity index (χ4n) is 2.43. The molecule has 0 radical (unpaired) electrons. The molecule has 1 unspecified atom stereocenters. The van der Waals surface area contributed by atoms with Gasteiger partial charge in [0, 0.05) is 18.2 Å². The summed E-state index contributed by atoms with van der Waals surface area (Å²) in [4.78, 5) is 11.3. The molecule has 0 aliphatic rings. The Morgan fingerprint density at radius 2 is 1.76 bits per heavy atom. The molecule has 0 saturated heterocycles. The van der Waals surface area contributed by atoms with Crippen molar-refractivity contribution in [3.63, 3.8) is 0 Å². The van der Waals surface area contributed by atoms with E-state index in [0.29, 0.717) is 11.3 Å². The van der Waals surface area contributed by atoms with Crippen molar-refractivity contribution in [2.24, 2.45) is 0 Å². The molecular formula is C18H21NO2. The van der Waals surface area contributed by atoms with E-state index in [0.717, 1.165) is 12.0 Å². The first kappa shape index (κ1) is 15.3. The van der Waals surface area contributed by atoms with Crippen LogP contribution in [0, 0.1) is 0 Å². The van der Waals surface area contributed by atoms with Crippen molar-refractivity contribution in [1.29, 1.82) is 0 Å². The Labute approximate surface area is 125 Å². The smallest absolute Gasteiger partial charge is 0.221 e. The van der Waals surface area contributed by atoms with Crippen molar-refractivity contribution in [2.75, 3.05) is 5.32 Å². The van der Waals surface area contributed by atoms with Gasteiger partial charge in [-0.05, 0) is 30.5 Å². The van der Waals surface area contributed by atoms with Crippen LogP contribution in [0.25, 0.3) is 0 Å². The molecule has 0 spiro atoms. The Morgan fingerprint density at radius 3 is 2.33 bits per heavy atom. The number of carbonyl (C=O) groups excluding carboxylic acids is 1. The number of hydrogen-bond acceptors (Lipinski definition) is 2. The van der Waals surface area contributed by atoms with E-state index in [-0.39, 0.29) is 5.91 Å². The van der Waals surface area contributed by atoms with Gasteiger partial charge in [0.05, 0.1) is 0 Å². The van der Waals surface area contributed by atoms with Crippen molar-refractivity contribution >= 4 is 11.6 Å². The number of hydrogen-bond donors (Lipinski definition) is 2. The first-order chi connectivity index (χ1) is 9.95. The van der Waals surface area contributed by atoms with Crippen LogP contribution in [0.3, 0.4) is 0 Å². The molecule has 110 valence electrons. The normalized spacial score (nSPS) is 13.5. The summed E-state index contributed by atoms with van der Waals surface area (Å²) in [5.74, 6) is -0.153. The van der Waals surface area contributed by atoms with Crippen LogP contribution in [-0.2, 0) is 16.8 Å². The highest BCUT2D eigenvalue weighted by Crippen LogP contribution is 2.34. The molecule has 1 atom stereocenters. The highest BCUT2D eigenvalue weighted by Gasteiger charge is 2.28. The molecule has 0 aliphatic carbocycles. The maximum absolute atomic E-state index is 11.3. The monoisotopic (exact) mass is 283 g/mol. The van der Waals surface area contributed by atoms with Gasteiger partial charge < -0.3 is 10.4 Å². The zero-order valence-corrected chi connectivity index (χ0v) is 12.7. The SMILES string of the molecule is CCc1ccc(C(C)(O)c2ccccc2NC(C)=O)cc1. The quantitative estimate of drug-likeness (QED) is 0.902. The maximum Gasteiger partial charge on any atom is 0.221 e. The van der Waals surface area contributed by atoms with Gasteiger partial charge in [-0.3, -0.25) is 4.79 Å². The molecule has 1 amide bonds. The number of rotatable bonds is 4. The lowest BCUT2D eigenvalue weighted by Gasteiger charge is -2.27.